The molecule has 1 aromatic heterocycles. The average Bonchev–Trinajstić information content (AvgIpc) is 2.94. The number of hydrogen-bond acceptors (Lipinski definition) is 5. The van der Waals surface area contributed by atoms with Gasteiger partial charge in [-0.2, -0.15) is 8.42 Å². The van der Waals surface area contributed by atoms with E-state index in [9.17, 15) is 18.3 Å². The van der Waals surface area contributed by atoms with Crippen molar-refractivity contribution >= 4 is 37.6 Å². The molecule has 1 heterocycles. The first kappa shape index (κ1) is 18.1. The molecule has 0 fully saturated rings. The van der Waals surface area contributed by atoms with E-state index in [4.69, 9.17) is 0 Å². The molecule has 0 saturated carbocycles. The highest BCUT2D eigenvalue weighted by Crippen LogP contribution is 2.28. The lowest BCUT2D eigenvalue weighted by Crippen LogP contribution is -2.19. The third-order valence-electron chi connectivity index (χ3n) is 3.59. The van der Waals surface area contributed by atoms with Gasteiger partial charge in [0.1, 0.15) is 0 Å². The highest BCUT2D eigenvalue weighted by Gasteiger charge is 2.26. The number of rotatable bonds is 5. The number of hydrogen-bond donors (Lipinski definition) is 2. The van der Waals surface area contributed by atoms with Crippen molar-refractivity contribution in [2.24, 2.45) is 7.05 Å². The zero-order valence-electron chi connectivity index (χ0n) is 13.4. The zero-order valence-corrected chi connectivity index (χ0v) is 15.8. The molecule has 26 heavy (non-hydrogen) atoms. The molecule has 0 aliphatic heterocycles. The van der Waals surface area contributed by atoms with E-state index in [1.54, 1.807) is 6.07 Å². The van der Waals surface area contributed by atoms with Gasteiger partial charge >= 0.3 is 5.97 Å². The topological polar surface area (TPSA) is 114 Å². The smallest absolute Gasteiger partial charge is 0.337 e. The van der Waals surface area contributed by atoms with Crippen molar-refractivity contribution in [3.05, 3.63) is 58.7 Å². The van der Waals surface area contributed by atoms with Crippen molar-refractivity contribution in [1.82, 2.24) is 15.0 Å². The first-order valence-electron chi connectivity index (χ1n) is 7.30. The number of aromatic carboxylic acids is 1. The second kappa shape index (κ2) is 6.89. The molecule has 0 radical (unpaired) electrons. The van der Waals surface area contributed by atoms with Crippen LogP contribution in [0.3, 0.4) is 0 Å². The maximum Gasteiger partial charge on any atom is 0.337 e. The number of aromatic nitrogens is 3. The minimum absolute atomic E-state index is 0.0311. The quantitative estimate of drug-likeness (QED) is 0.635. The van der Waals surface area contributed by atoms with Crippen LogP contribution in [0.4, 0.5) is 5.69 Å². The van der Waals surface area contributed by atoms with Gasteiger partial charge in [0.2, 0.25) is 5.03 Å². The molecule has 0 spiro atoms. The van der Waals surface area contributed by atoms with Crippen LogP contribution in [-0.2, 0) is 17.1 Å². The van der Waals surface area contributed by atoms with E-state index in [1.807, 2.05) is 30.3 Å². The summed E-state index contributed by atoms with van der Waals surface area (Å²) in [5.41, 5.74) is 1.29. The number of anilines is 1. The van der Waals surface area contributed by atoms with Gasteiger partial charge in [0.15, 0.2) is 4.60 Å². The summed E-state index contributed by atoms with van der Waals surface area (Å²) in [6.07, 6.45) is 0. The molecular weight excluding hydrogens is 424 g/mol. The number of carboxylic acid groups (broad SMARTS) is 1. The zero-order chi connectivity index (χ0) is 18.9. The second-order valence-electron chi connectivity index (χ2n) is 5.35. The van der Waals surface area contributed by atoms with E-state index >= 15 is 0 Å². The van der Waals surface area contributed by atoms with E-state index in [-0.39, 0.29) is 20.9 Å². The standard InChI is InChI=1S/C16H13BrN4O4S/c1-21-15(14(17)18-20-21)26(24,25)19-13-9-11(7-8-12(13)16(22)23)10-5-3-2-4-6-10/h2-9,19H,1H3,(H,22,23). The molecule has 8 nitrogen and oxygen atoms in total. The van der Waals surface area contributed by atoms with Gasteiger partial charge in [0.05, 0.1) is 11.3 Å². The van der Waals surface area contributed by atoms with Crippen molar-refractivity contribution < 1.29 is 18.3 Å². The Labute approximate surface area is 157 Å². The normalized spacial score (nSPS) is 11.3. The maximum atomic E-state index is 12.7. The van der Waals surface area contributed by atoms with E-state index in [1.165, 1.54) is 19.2 Å². The summed E-state index contributed by atoms with van der Waals surface area (Å²) in [7, 11) is -2.69. The Hall–Kier alpha value is -2.72. The summed E-state index contributed by atoms with van der Waals surface area (Å²) in [6.45, 7) is 0. The Bertz CT molecular complexity index is 1060. The van der Waals surface area contributed by atoms with Crippen LogP contribution in [0.25, 0.3) is 11.1 Å². The van der Waals surface area contributed by atoms with Crippen LogP contribution in [-0.4, -0.2) is 34.5 Å². The first-order chi connectivity index (χ1) is 12.3. The van der Waals surface area contributed by atoms with E-state index in [0.717, 1.165) is 10.2 Å². The lowest BCUT2D eigenvalue weighted by molar-refractivity contribution is 0.0698. The Balaban J connectivity index is 2.10. The lowest BCUT2D eigenvalue weighted by Gasteiger charge is -2.12. The molecule has 3 rings (SSSR count). The summed E-state index contributed by atoms with van der Waals surface area (Å²) in [5, 5.41) is 16.5. The SMILES string of the molecule is Cn1nnc(Br)c1S(=O)(=O)Nc1cc(-c2ccccc2)ccc1C(=O)O. The number of benzene rings is 2. The van der Waals surface area contributed by atoms with Gasteiger partial charge in [0, 0.05) is 7.05 Å². The minimum atomic E-state index is -4.11. The van der Waals surface area contributed by atoms with Gasteiger partial charge in [-0.3, -0.25) is 4.72 Å². The molecular formula is C16H13BrN4O4S. The predicted octanol–water partition coefficient (Wildman–Crippen LogP) is 2.74. The van der Waals surface area contributed by atoms with Crippen molar-refractivity contribution in [3.63, 3.8) is 0 Å². The van der Waals surface area contributed by atoms with Crippen molar-refractivity contribution in [1.29, 1.82) is 0 Å². The third kappa shape index (κ3) is 3.46. The maximum absolute atomic E-state index is 12.7. The Morgan fingerprint density at radius 2 is 1.85 bits per heavy atom. The molecule has 0 aliphatic carbocycles. The lowest BCUT2D eigenvalue weighted by atomic mass is 10.0. The van der Waals surface area contributed by atoms with Gasteiger partial charge in [-0.1, -0.05) is 41.6 Å². The Morgan fingerprint density at radius 1 is 1.15 bits per heavy atom. The molecule has 2 N–H and O–H groups in total. The molecule has 10 heteroatoms. The number of nitrogens with one attached hydrogen (secondary N) is 1. The fourth-order valence-electron chi connectivity index (χ4n) is 2.43. The largest absolute Gasteiger partial charge is 0.478 e. The molecule has 2 aromatic carbocycles. The van der Waals surface area contributed by atoms with Crippen LogP contribution < -0.4 is 4.72 Å². The third-order valence-corrected chi connectivity index (χ3v) is 5.84. The van der Waals surface area contributed by atoms with E-state index in [0.29, 0.717) is 5.56 Å². The van der Waals surface area contributed by atoms with Gasteiger partial charge in [-0.05, 0) is 39.2 Å². The highest BCUT2D eigenvalue weighted by molar-refractivity contribution is 9.10. The van der Waals surface area contributed by atoms with Crippen LogP contribution in [0.5, 0.6) is 0 Å². The summed E-state index contributed by atoms with van der Waals surface area (Å²) in [4.78, 5) is 11.5. The average molecular weight is 437 g/mol. The van der Waals surface area contributed by atoms with Gasteiger partial charge in [0.25, 0.3) is 10.0 Å². The molecule has 134 valence electrons. The monoisotopic (exact) mass is 436 g/mol. The van der Waals surface area contributed by atoms with Gasteiger partial charge < -0.3 is 5.11 Å². The molecule has 0 bridgehead atoms. The summed E-state index contributed by atoms with van der Waals surface area (Å²) in [6, 6.07) is 13.7. The molecule has 0 amide bonds. The van der Waals surface area contributed by atoms with E-state index in [2.05, 4.69) is 31.0 Å². The summed E-state index contributed by atoms with van der Waals surface area (Å²) in [5.74, 6) is -1.25. The van der Waals surface area contributed by atoms with Crippen LogP contribution >= 0.6 is 15.9 Å². The first-order valence-corrected chi connectivity index (χ1v) is 9.58. The molecule has 0 saturated heterocycles. The fourth-order valence-corrected chi connectivity index (χ4v) is 4.60. The number of aryl methyl sites for hydroxylation is 1. The number of carboxylic acids is 1. The van der Waals surface area contributed by atoms with Crippen molar-refractivity contribution in [3.8, 4) is 11.1 Å². The molecule has 3 aromatic rings. The molecule has 0 unspecified atom stereocenters. The number of nitrogens with zero attached hydrogens (tertiary/aromatic N) is 3. The summed E-state index contributed by atoms with van der Waals surface area (Å²) >= 11 is 3.03. The van der Waals surface area contributed by atoms with E-state index < -0.39 is 16.0 Å². The fraction of sp³-hybridized carbons (Fsp3) is 0.0625. The van der Waals surface area contributed by atoms with Gasteiger partial charge in [-0.25, -0.2) is 9.48 Å². The molecule has 0 atom stereocenters. The number of carbonyl (C=O) groups is 1. The van der Waals surface area contributed by atoms with Crippen LogP contribution in [0.1, 0.15) is 10.4 Å². The van der Waals surface area contributed by atoms with Crippen molar-refractivity contribution in [2.75, 3.05) is 4.72 Å². The molecule has 0 aliphatic rings. The van der Waals surface area contributed by atoms with Crippen molar-refractivity contribution in [2.45, 2.75) is 5.03 Å². The van der Waals surface area contributed by atoms with Crippen LogP contribution in [0.2, 0.25) is 0 Å². The van der Waals surface area contributed by atoms with Crippen LogP contribution in [0.15, 0.2) is 58.2 Å². The van der Waals surface area contributed by atoms with Gasteiger partial charge in [-0.15, -0.1) is 5.10 Å². The van der Waals surface area contributed by atoms with Crippen LogP contribution in [0, 0.1) is 0 Å². The Morgan fingerprint density at radius 3 is 2.42 bits per heavy atom. The Kier molecular flexibility index (Phi) is 4.79. The summed E-state index contributed by atoms with van der Waals surface area (Å²) < 4.78 is 28.8. The second-order valence-corrected chi connectivity index (χ2v) is 7.69. The minimum Gasteiger partial charge on any atom is -0.478 e. The number of halogens is 1. The highest BCUT2D eigenvalue weighted by atomic mass is 79.9. The predicted molar refractivity (Wildman–Crippen MR) is 98.3 cm³/mol. The number of sulfonamides is 1.